The SMILES string of the molecule is COC(=O)N1CCC(Nc2nc3ccccc3c(=O)[nH]2)CC1. The molecule has 1 aromatic heterocycles. The van der Waals surface area contributed by atoms with Gasteiger partial charge in [-0.2, -0.15) is 0 Å². The highest BCUT2D eigenvalue weighted by Crippen LogP contribution is 2.15. The molecule has 2 aromatic rings. The predicted molar refractivity (Wildman–Crippen MR) is 83.0 cm³/mol. The van der Waals surface area contributed by atoms with E-state index in [9.17, 15) is 9.59 Å². The summed E-state index contributed by atoms with van der Waals surface area (Å²) in [6.45, 7) is 1.25. The molecule has 22 heavy (non-hydrogen) atoms. The van der Waals surface area contributed by atoms with E-state index in [1.54, 1.807) is 11.0 Å². The van der Waals surface area contributed by atoms with Gasteiger partial charge in [-0.15, -0.1) is 0 Å². The number of para-hydroxylation sites is 1. The van der Waals surface area contributed by atoms with Crippen LogP contribution in [-0.4, -0.2) is 47.2 Å². The molecule has 7 nitrogen and oxygen atoms in total. The first kappa shape index (κ1) is 14.4. The lowest BCUT2D eigenvalue weighted by molar-refractivity contribution is 0.113. The first-order valence-electron chi connectivity index (χ1n) is 7.26. The molecule has 1 saturated heterocycles. The lowest BCUT2D eigenvalue weighted by Crippen LogP contribution is -2.42. The molecule has 0 saturated carbocycles. The third-order valence-corrected chi connectivity index (χ3v) is 3.88. The molecule has 1 fully saturated rings. The molecule has 0 radical (unpaired) electrons. The van der Waals surface area contributed by atoms with Crippen LogP contribution in [0.1, 0.15) is 12.8 Å². The summed E-state index contributed by atoms with van der Waals surface area (Å²) in [4.78, 5) is 32.3. The molecule has 1 aromatic carbocycles. The molecule has 0 aliphatic carbocycles. The second kappa shape index (κ2) is 6.05. The van der Waals surface area contributed by atoms with E-state index < -0.39 is 0 Å². The minimum absolute atomic E-state index is 0.153. The number of hydrogen-bond donors (Lipinski definition) is 2. The topological polar surface area (TPSA) is 87.3 Å². The van der Waals surface area contributed by atoms with Crippen molar-refractivity contribution in [2.24, 2.45) is 0 Å². The first-order valence-corrected chi connectivity index (χ1v) is 7.26. The van der Waals surface area contributed by atoms with Crippen LogP contribution < -0.4 is 10.9 Å². The maximum Gasteiger partial charge on any atom is 0.409 e. The molecule has 0 spiro atoms. The Bertz CT molecular complexity index is 735. The molecule has 0 bridgehead atoms. The van der Waals surface area contributed by atoms with Gasteiger partial charge in [0.2, 0.25) is 5.95 Å². The Morgan fingerprint density at radius 2 is 2.09 bits per heavy atom. The molecule has 1 amide bonds. The monoisotopic (exact) mass is 302 g/mol. The molecule has 1 aliphatic heterocycles. The van der Waals surface area contributed by atoms with Crippen molar-refractivity contribution in [2.45, 2.75) is 18.9 Å². The molecule has 0 unspecified atom stereocenters. The van der Waals surface area contributed by atoms with Crippen molar-refractivity contribution in [1.82, 2.24) is 14.9 Å². The number of likely N-dealkylation sites (tertiary alicyclic amines) is 1. The van der Waals surface area contributed by atoms with Crippen molar-refractivity contribution in [3.63, 3.8) is 0 Å². The lowest BCUT2D eigenvalue weighted by Gasteiger charge is -2.31. The van der Waals surface area contributed by atoms with E-state index in [2.05, 4.69) is 15.3 Å². The summed E-state index contributed by atoms with van der Waals surface area (Å²) in [5.74, 6) is 0.472. The number of ether oxygens (including phenoxy) is 1. The third-order valence-electron chi connectivity index (χ3n) is 3.88. The van der Waals surface area contributed by atoms with Gasteiger partial charge in [0.1, 0.15) is 0 Å². The fraction of sp³-hybridized carbons (Fsp3) is 0.400. The van der Waals surface area contributed by atoms with Gasteiger partial charge in [0, 0.05) is 19.1 Å². The van der Waals surface area contributed by atoms with E-state index in [4.69, 9.17) is 4.74 Å². The number of rotatable bonds is 2. The number of nitrogens with one attached hydrogen (secondary N) is 2. The number of carbonyl (C=O) groups is 1. The number of aromatic amines is 1. The van der Waals surface area contributed by atoms with Crippen LogP contribution in [0.4, 0.5) is 10.7 Å². The number of methoxy groups -OCH3 is 1. The zero-order chi connectivity index (χ0) is 15.5. The van der Waals surface area contributed by atoms with E-state index in [-0.39, 0.29) is 17.7 Å². The fourth-order valence-corrected chi connectivity index (χ4v) is 2.68. The Kier molecular flexibility index (Phi) is 3.95. The molecule has 2 N–H and O–H groups in total. The molecule has 1 aliphatic rings. The average Bonchev–Trinajstić information content (AvgIpc) is 2.55. The van der Waals surface area contributed by atoms with Crippen LogP contribution in [0.5, 0.6) is 0 Å². The Morgan fingerprint density at radius 1 is 1.36 bits per heavy atom. The Morgan fingerprint density at radius 3 is 2.82 bits per heavy atom. The predicted octanol–water partition coefficient (Wildman–Crippen LogP) is 1.57. The summed E-state index contributed by atoms with van der Waals surface area (Å²) in [6.07, 6.45) is 1.27. The number of aromatic nitrogens is 2. The molecule has 0 atom stereocenters. The number of amides is 1. The molecule has 2 heterocycles. The molecule has 3 rings (SSSR count). The van der Waals surface area contributed by atoms with E-state index in [0.717, 1.165) is 12.8 Å². The molecular formula is C15H18N4O3. The van der Waals surface area contributed by atoms with Gasteiger partial charge in [0.15, 0.2) is 0 Å². The smallest absolute Gasteiger partial charge is 0.409 e. The number of piperidine rings is 1. The van der Waals surface area contributed by atoms with Gasteiger partial charge in [-0.3, -0.25) is 9.78 Å². The number of benzene rings is 1. The summed E-state index contributed by atoms with van der Waals surface area (Å²) in [5, 5.41) is 3.82. The zero-order valence-electron chi connectivity index (χ0n) is 12.3. The highest BCUT2D eigenvalue weighted by Gasteiger charge is 2.23. The first-order chi connectivity index (χ1) is 10.7. The minimum Gasteiger partial charge on any atom is -0.453 e. The van der Waals surface area contributed by atoms with Gasteiger partial charge < -0.3 is 15.0 Å². The normalized spacial score (nSPS) is 15.8. The van der Waals surface area contributed by atoms with Gasteiger partial charge in [0.25, 0.3) is 5.56 Å². The van der Waals surface area contributed by atoms with E-state index in [1.165, 1.54) is 7.11 Å². The number of anilines is 1. The maximum absolute atomic E-state index is 12.0. The Balaban J connectivity index is 1.70. The van der Waals surface area contributed by atoms with Gasteiger partial charge in [-0.1, -0.05) is 12.1 Å². The summed E-state index contributed by atoms with van der Waals surface area (Å²) in [5.41, 5.74) is 0.515. The quantitative estimate of drug-likeness (QED) is 0.879. The number of nitrogens with zero attached hydrogens (tertiary/aromatic N) is 2. The largest absolute Gasteiger partial charge is 0.453 e. The zero-order valence-corrected chi connectivity index (χ0v) is 12.3. The van der Waals surface area contributed by atoms with Crippen LogP contribution >= 0.6 is 0 Å². The second-order valence-electron chi connectivity index (χ2n) is 5.31. The average molecular weight is 302 g/mol. The standard InChI is InChI=1S/C15H18N4O3/c1-22-15(21)19-8-6-10(7-9-19)16-14-17-12-5-3-2-4-11(12)13(20)18-14/h2-5,10H,6-9H2,1H3,(H2,16,17,18,20). The van der Waals surface area contributed by atoms with Crippen LogP contribution in [0.25, 0.3) is 10.9 Å². The van der Waals surface area contributed by atoms with E-state index >= 15 is 0 Å². The van der Waals surface area contributed by atoms with Crippen LogP contribution in [0.15, 0.2) is 29.1 Å². The van der Waals surface area contributed by atoms with Crippen LogP contribution in [0.2, 0.25) is 0 Å². The van der Waals surface area contributed by atoms with Crippen molar-refractivity contribution >= 4 is 22.9 Å². The minimum atomic E-state index is -0.296. The molecular weight excluding hydrogens is 284 g/mol. The Labute approximate surface area is 127 Å². The second-order valence-corrected chi connectivity index (χ2v) is 5.31. The van der Waals surface area contributed by atoms with Gasteiger partial charge in [-0.05, 0) is 25.0 Å². The van der Waals surface area contributed by atoms with Crippen LogP contribution in [-0.2, 0) is 4.74 Å². The summed E-state index contributed by atoms with van der Waals surface area (Å²) in [6, 6.07) is 7.41. The van der Waals surface area contributed by atoms with Gasteiger partial charge in [0.05, 0.1) is 18.0 Å². The van der Waals surface area contributed by atoms with Gasteiger partial charge in [-0.25, -0.2) is 9.78 Å². The Hall–Kier alpha value is -2.57. The number of carbonyl (C=O) groups excluding carboxylic acids is 1. The van der Waals surface area contributed by atoms with Crippen molar-refractivity contribution < 1.29 is 9.53 Å². The highest BCUT2D eigenvalue weighted by molar-refractivity contribution is 5.78. The van der Waals surface area contributed by atoms with Crippen molar-refractivity contribution in [3.8, 4) is 0 Å². The van der Waals surface area contributed by atoms with E-state index in [0.29, 0.717) is 29.9 Å². The maximum atomic E-state index is 12.0. The fourth-order valence-electron chi connectivity index (χ4n) is 2.68. The third kappa shape index (κ3) is 2.88. The number of hydrogen-bond acceptors (Lipinski definition) is 5. The lowest BCUT2D eigenvalue weighted by atomic mass is 10.1. The summed E-state index contributed by atoms with van der Waals surface area (Å²) in [7, 11) is 1.39. The van der Waals surface area contributed by atoms with Crippen molar-refractivity contribution in [3.05, 3.63) is 34.6 Å². The molecule has 7 heteroatoms. The van der Waals surface area contributed by atoms with E-state index in [1.807, 2.05) is 18.2 Å². The van der Waals surface area contributed by atoms with Gasteiger partial charge >= 0.3 is 6.09 Å². The van der Waals surface area contributed by atoms with Crippen molar-refractivity contribution in [1.29, 1.82) is 0 Å². The number of fused-ring (bicyclic) bond motifs is 1. The molecule has 116 valence electrons. The summed E-state index contributed by atoms with van der Waals surface area (Å²) < 4.78 is 4.71. The highest BCUT2D eigenvalue weighted by atomic mass is 16.5. The van der Waals surface area contributed by atoms with Crippen molar-refractivity contribution in [2.75, 3.05) is 25.5 Å². The van der Waals surface area contributed by atoms with Crippen LogP contribution in [0, 0.1) is 0 Å². The number of H-pyrrole nitrogens is 1. The summed E-state index contributed by atoms with van der Waals surface area (Å²) >= 11 is 0. The van der Waals surface area contributed by atoms with Crippen LogP contribution in [0.3, 0.4) is 0 Å².